The topological polar surface area (TPSA) is 404 Å². The van der Waals surface area contributed by atoms with Gasteiger partial charge < -0.3 is 84.8 Å². The van der Waals surface area contributed by atoms with Gasteiger partial charge in [0, 0.05) is 54.9 Å². The fourth-order valence-corrected chi connectivity index (χ4v) is 6.78. The van der Waals surface area contributed by atoms with Crippen LogP contribution in [0.5, 0.6) is 5.75 Å². The monoisotopic (exact) mass is 1030 g/mol. The van der Waals surface area contributed by atoms with Crippen LogP contribution in [-0.4, -0.2) is 183 Å². The fourth-order valence-electron chi connectivity index (χ4n) is 6.78. The number of hydrogen-bond acceptors (Lipinski definition) is 23. The number of nitrogens with two attached hydrogens (primary N) is 1. The highest BCUT2D eigenvalue weighted by molar-refractivity contribution is 5.93. The molecular formula is C43H58N6O23. The van der Waals surface area contributed by atoms with E-state index in [0.717, 1.165) is 41.5 Å². The smallest absolute Gasteiger partial charge is 0.303 e. The first kappa shape index (κ1) is 58.8. The van der Waals surface area contributed by atoms with Gasteiger partial charge in [0.15, 0.2) is 30.7 Å². The molecule has 0 radical (unpaired) electrons. The van der Waals surface area contributed by atoms with Crippen LogP contribution < -0.4 is 37.1 Å². The summed E-state index contributed by atoms with van der Waals surface area (Å²) in [4.78, 5) is 146. The maximum Gasteiger partial charge on any atom is 0.303 e. The van der Waals surface area contributed by atoms with Crippen molar-refractivity contribution in [3.05, 3.63) is 29.8 Å². The standard InChI is InChI=1S/C43H58N6O23/c1-19(50)45-16-34(60)49-28(41(62)48-15-33(59)47-14-32(58)46-13-31(44)57)12-26-8-10-27(11-9-26)69-42-38(66-23(5)54)35(61)36(29(70-42)17-63-20(2)51)72-43-40(68-25(7)56)39(67-24(6)55)37(65-22(4)53)30(71-43)18-64-21(3)52/h8-11,28-30,35-40,42-43,61H,12-18H2,1-7H3,(H2,44,57)(H,45,50)(H,46,58)(H,47,59)(H,48,62)(H,49,60)/t28-,29+,30+,35-,36+,37-,38+,39-,40+,42+,43-/m0/s1. The molecule has 3 rings (SSSR count). The van der Waals surface area contributed by atoms with Crippen molar-refractivity contribution in [2.24, 2.45) is 5.73 Å². The van der Waals surface area contributed by atoms with Crippen molar-refractivity contribution in [3.8, 4) is 5.75 Å². The first-order valence-corrected chi connectivity index (χ1v) is 21.8. The summed E-state index contributed by atoms with van der Waals surface area (Å²) in [6, 6.07) is 4.26. The largest absolute Gasteiger partial charge is 0.463 e. The van der Waals surface area contributed by atoms with Crippen molar-refractivity contribution in [1.82, 2.24) is 26.6 Å². The molecule has 0 saturated carbocycles. The zero-order chi connectivity index (χ0) is 53.8. The molecule has 29 nitrogen and oxygen atoms in total. The first-order valence-electron chi connectivity index (χ1n) is 21.8. The normalized spacial score (nSPS) is 23.7. The van der Waals surface area contributed by atoms with Gasteiger partial charge in [0.2, 0.25) is 41.7 Å². The van der Waals surface area contributed by atoms with E-state index in [1.165, 1.54) is 31.2 Å². The maximum absolute atomic E-state index is 13.3. The molecule has 11 atom stereocenters. The van der Waals surface area contributed by atoms with Crippen LogP contribution in [0.25, 0.3) is 0 Å². The van der Waals surface area contributed by atoms with Gasteiger partial charge in [0.1, 0.15) is 49.4 Å². The number of carbonyl (C=O) groups excluding carboxylic acids is 12. The molecule has 2 fully saturated rings. The quantitative estimate of drug-likeness (QED) is 0.0377. The number of aliphatic hydroxyl groups is 1. The van der Waals surface area contributed by atoms with Crippen LogP contribution in [0.1, 0.15) is 54.0 Å². The molecule has 0 aliphatic carbocycles. The van der Waals surface area contributed by atoms with E-state index < -0.39 is 178 Å². The van der Waals surface area contributed by atoms with Gasteiger partial charge in [-0.05, 0) is 17.7 Å². The Labute approximate surface area is 410 Å². The van der Waals surface area contributed by atoms with E-state index in [2.05, 4.69) is 26.6 Å². The number of aliphatic hydroxyl groups excluding tert-OH is 1. The zero-order valence-corrected chi connectivity index (χ0v) is 40.1. The molecule has 1 aromatic rings. The summed E-state index contributed by atoms with van der Waals surface area (Å²) in [6.07, 6.45) is -17.3. The number of benzene rings is 1. The molecule has 0 bridgehead atoms. The molecule has 72 heavy (non-hydrogen) atoms. The van der Waals surface area contributed by atoms with Gasteiger partial charge in [-0.15, -0.1) is 0 Å². The summed E-state index contributed by atoms with van der Waals surface area (Å²) >= 11 is 0. The van der Waals surface area contributed by atoms with Crippen LogP contribution in [-0.2, 0) is 107 Å². The second kappa shape index (κ2) is 28.4. The molecule has 2 heterocycles. The summed E-state index contributed by atoms with van der Waals surface area (Å²) < 4.78 is 56.4. The van der Waals surface area contributed by atoms with E-state index in [9.17, 15) is 62.6 Å². The molecule has 398 valence electrons. The van der Waals surface area contributed by atoms with Crippen LogP contribution in [0, 0.1) is 0 Å². The molecule has 0 aromatic heterocycles. The van der Waals surface area contributed by atoms with Crippen molar-refractivity contribution < 1.29 is 110 Å². The highest BCUT2D eigenvalue weighted by atomic mass is 16.8. The van der Waals surface area contributed by atoms with Gasteiger partial charge in [-0.3, -0.25) is 57.5 Å². The summed E-state index contributed by atoms with van der Waals surface area (Å²) in [6.45, 7) is 3.84. The summed E-state index contributed by atoms with van der Waals surface area (Å²) in [5.74, 6) is -9.93. The molecule has 2 saturated heterocycles. The van der Waals surface area contributed by atoms with E-state index in [1.807, 2.05) is 0 Å². The Balaban J connectivity index is 1.92. The number of primary amides is 1. The third-order valence-electron chi connectivity index (χ3n) is 9.70. The number of rotatable bonds is 24. The minimum atomic E-state index is -1.97. The molecule has 2 aliphatic heterocycles. The molecule has 0 unspecified atom stereocenters. The molecule has 6 amide bonds. The Kier molecular flexibility index (Phi) is 23.2. The van der Waals surface area contributed by atoms with E-state index in [-0.39, 0.29) is 12.2 Å². The molecule has 8 N–H and O–H groups in total. The Bertz CT molecular complexity index is 2150. The van der Waals surface area contributed by atoms with Crippen molar-refractivity contribution in [3.63, 3.8) is 0 Å². The van der Waals surface area contributed by atoms with Crippen molar-refractivity contribution in [1.29, 1.82) is 0 Å². The molecular weight excluding hydrogens is 968 g/mol. The lowest BCUT2D eigenvalue weighted by Gasteiger charge is -2.48. The number of ether oxygens (including phenoxy) is 10. The maximum atomic E-state index is 13.3. The van der Waals surface area contributed by atoms with Gasteiger partial charge >= 0.3 is 35.8 Å². The summed E-state index contributed by atoms with van der Waals surface area (Å²) in [5, 5.41) is 23.4. The lowest BCUT2D eigenvalue weighted by atomic mass is 9.96. The van der Waals surface area contributed by atoms with Crippen LogP contribution in [0.2, 0.25) is 0 Å². The second-order valence-electron chi connectivity index (χ2n) is 15.8. The summed E-state index contributed by atoms with van der Waals surface area (Å²) in [5.41, 5.74) is 5.35. The van der Waals surface area contributed by atoms with Gasteiger partial charge in [-0.1, -0.05) is 12.1 Å². The predicted molar refractivity (Wildman–Crippen MR) is 233 cm³/mol. The Morgan fingerprint density at radius 2 is 1.03 bits per heavy atom. The average Bonchev–Trinajstić information content (AvgIpc) is 3.28. The highest BCUT2D eigenvalue weighted by Gasteiger charge is 2.57. The minimum absolute atomic E-state index is 0.00877. The van der Waals surface area contributed by atoms with Gasteiger partial charge in [-0.2, -0.15) is 0 Å². The Hall–Kier alpha value is -7.50. The third kappa shape index (κ3) is 20.1. The zero-order valence-electron chi connectivity index (χ0n) is 40.1. The van der Waals surface area contributed by atoms with Gasteiger partial charge in [0.05, 0.1) is 26.2 Å². The Morgan fingerprint density at radius 3 is 1.56 bits per heavy atom. The summed E-state index contributed by atoms with van der Waals surface area (Å²) in [7, 11) is 0. The third-order valence-corrected chi connectivity index (χ3v) is 9.70. The van der Waals surface area contributed by atoms with Gasteiger partial charge in [0.25, 0.3) is 0 Å². The average molecular weight is 1030 g/mol. The van der Waals surface area contributed by atoms with E-state index in [1.54, 1.807) is 0 Å². The minimum Gasteiger partial charge on any atom is -0.463 e. The van der Waals surface area contributed by atoms with Crippen molar-refractivity contribution in [2.75, 3.05) is 39.4 Å². The predicted octanol–water partition coefficient (Wildman–Crippen LogP) is -4.89. The first-order chi connectivity index (χ1) is 33.8. The van der Waals surface area contributed by atoms with E-state index >= 15 is 0 Å². The van der Waals surface area contributed by atoms with Crippen molar-refractivity contribution >= 4 is 71.3 Å². The number of carbonyl (C=O) groups is 12. The van der Waals surface area contributed by atoms with Crippen LogP contribution in [0.3, 0.4) is 0 Å². The molecule has 0 spiro atoms. The van der Waals surface area contributed by atoms with Crippen molar-refractivity contribution in [2.45, 2.75) is 122 Å². The fraction of sp³-hybridized carbons (Fsp3) is 0.581. The molecule has 2 aliphatic rings. The number of nitrogens with one attached hydrogen (secondary N) is 5. The molecule has 29 heteroatoms. The van der Waals surface area contributed by atoms with Crippen LogP contribution in [0.4, 0.5) is 0 Å². The van der Waals surface area contributed by atoms with Crippen LogP contribution >= 0.6 is 0 Å². The van der Waals surface area contributed by atoms with Crippen LogP contribution in [0.15, 0.2) is 24.3 Å². The van der Waals surface area contributed by atoms with E-state index in [4.69, 9.17) is 53.1 Å². The number of esters is 6. The lowest BCUT2D eigenvalue weighted by molar-refractivity contribution is -0.354. The number of amides is 6. The Morgan fingerprint density at radius 1 is 0.556 bits per heavy atom. The molecule has 1 aromatic carbocycles. The highest BCUT2D eigenvalue weighted by Crippen LogP contribution is 2.35. The lowest BCUT2D eigenvalue weighted by Crippen LogP contribution is -2.67. The number of hydrogen-bond donors (Lipinski definition) is 7. The van der Waals surface area contributed by atoms with Gasteiger partial charge in [-0.25, -0.2) is 0 Å². The van der Waals surface area contributed by atoms with E-state index in [0.29, 0.717) is 5.56 Å². The SMILES string of the molecule is CC(=O)NCC(=O)N[C@@H](Cc1ccc(O[C@@H]2O[C@H](COC(C)=O)[C@@H](O[C@@H]3O[C@H](COC(C)=O)[C@H](OC(C)=O)[C@H](OC(C)=O)[C@H]3OC(C)=O)[C@H](O)[C@H]2OC(C)=O)cc1)C(=O)NCC(=O)NCC(=O)NCC(N)=O. The second-order valence-corrected chi connectivity index (χ2v) is 15.8.